The summed E-state index contributed by atoms with van der Waals surface area (Å²) in [5, 5.41) is 0. The number of hydrogen-bond donors (Lipinski definition) is 0. The molecular formula is C27H54O2Sn. The predicted molar refractivity (Wildman–Crippen MR) is 136 cm³/mol. The average molecular weight is 529 g/mol. The summed E-state index contributed by atoms with van der Waals surface area (Å²) < 4.78 is 18.0. The fourth-order valence-electron chi connectivity index (χ4n) is 5.51. The predicted octanol–water partition coefficient (Wildman–Crippen LogP) is 8.77. The van der Waals surface area contributed by atoms with Crippen LogP contribution in [0.25, 0.3) is 0 Å². The molecule has 3 heteroatoms. The minimum absolute atomic E-state index is 0.381. The SMILES string of the molecule is C/C=C/[C@H](OCO[C@@H]1C[C@H](C)CC[C@H]1C(C)C)[Sn]([CH2]CCC)([CH2]CCC)[CH2]CCC. The van der Waals surface area contributed by atoms with E-state index >= 15 is 0 Å². The molecule has 0 amide bonds. The van der Waals surface area contributed by atoms with Crippen LogP contribution in [0.5, 0.6) is 0 Å². The van der Waals surface area contributed by atoms with Crippen LogP contribution in [0.2, 0.25) is 13.3 Å². The van der Waals surface area contributed by atoms with Gasteiger partial charge in [-0.25, -0.2) is 0 Å². The molecule has 1 rings (SSSR count). The molecule has 1 aliphatic carbocycles. The topological polar surface area (TPSA) is 18.5 Å². The zero-order chi connectivity index (χ0) is 22.4. The molecule has 0 aromatic carbocycles. The molecule has 0 N–H and O–H groups in total. The first-order chi connectivity index (χ1) is 14.4. The Kier molecular flexibility index (Phi) is 15.3. The van der Waals surface area contributed by atoms with Gasteiger partial charge in [-0.3, -0.25) is 0 Å². The summed E-state index contributed by atoms with van der Waals surface area (Å²) in [5.74, 6) is 2.18. The molecule has 1 fully saturated rings. The number of hydrogen-bond acceptors (Lipinski definition) is 2. The summed E-state index contributed by atoms with van der Waals surface area (Å²) in [5.41, 5.74) is 0. The van der Waals surface area contributed by atoms with Crippen molar-refractivity contribution in [3.63, 3.8) is 0 Å². The van der Waals surface area contributed by atoms with Gasteiger partial charge in [0, 0.05) is 0 Å². The summed E-state index contributed by atoms with van der Waals surface area (Å²) in [4.78, 5) is 0. The van der Waals surface area contributed by atoms with Gasteiger partial charge in [-0.1, -0.05) is 0 Å². The molecule has 0 spiro atoms. The zero-order valence-corrected chi connectivity index (χ0v) is 24.4. The van der Waals surface area contributed by atoms with Gasteiger partial charge in [-0.05, 0) is 0 Å². The molecule has 0 aliphatic heterocycles. The maximum atomic E-state index is 6.69. The average Bonchev–Trinajstić information content (AvgIpc) is 2.73. The summed E-state index contributed by atoms with van der Waals surface area (Å²) >= 11 is -2.46. The van der Waals surface area contributed by atoms with Crippen molar-refractivity contribution in [3.05, 3.63) is 12.2 Å². The molecule has 1 saturated carbocycles. The maximum absolute atomic E-state index is 6.69. The van der Waals surface area contributed by atoms with E-state index in [0.29, 0.717) is 28.9 Å². The molecule has 4 atom stereocenters. The second kappa shape index (κ2) is 16.1. The quantitative estimate of drug-likeness (QED) is 0.113. The van der Waals surface area contributed by atoms with Gasteiger partial charge in [-0.15, -0.1) is 0 Å². The van der Waals surface area contributed by atoms with Crippen LogP contribution < -0.4 is 0 Å². The van der Waals surface area contributed by atoms with Gasteiger partial charge in [0.1, 0.15) is 0 Å². The van der Waals surface area contributed by atoms with Crippen LogP contribution in [0, 0.1) is 17.8 Å². The molecule has 30 heavy (non-hydrogen) atoms. The fraction of sp³-hybridized carbons (Fsp3) is 0.926. The Morgan fingerprint density at radius 3 is 1.97 bits per heavy atom. The van der Waals surface area contributed by atoms with Crippen LogP contribution in [0.3, 0.4) is 0 Å². The monoisotopic (exact) mass is 530 g/mol. The minimum atomic E-state index is -2.46. The zero-order valence-electron chi connectivity index (χ0n) is 21.6. The van der Waals surface area contributed by atoms with Crippen molar-refractivity contribution >= 4 is 18.4 Å². The molecular weight excluding hydrogens is 475 g/mol. The van der Waals surface area contributed by atoms with Gasteiger partial charge >= 0.3 is 194 Å². The molecule has 0 bridgehead atoms. The van der Waals surface area contributed by atoms with Gasteiger partial charge in [-0.2, -0.15) is 0 Å². The molecule has 0 unspecified atom stereocenters. The van der Waals surface area contributed by atoms with Crippen molar-refractivity contribution in [2.75, 3.05) is 6.79 Å². The van der Waals surface area contributed by atoms with E-state index in [0.717, 1.165) is 5.92 Å². The Hall–Kier alpha value is 0.459. The van der Waals surface area contributed by atoms with Crippen LogP contribution in [-0.4, -0.2) is 35.4 Å². The first-order valence-electron chi connectivity index (χ1n) is 13.3. The molecule has 1 aliphatic rings. The van der Waals surface area contributed by atoms with Crippen molar-refractivity contribution < 1.29 is 9.47 Å². The standard InChI is InChI=1S/C15H27O2.3C4H9.Sn/c1-5-6-9-16-11-17-15-10-13(4)7-8-14(15)12(2)3;3*1-3-4-2;/h5-6,9,12-15H,7-8,10-11H2,1-4H3;3*1,3-4H2,2H3;/b6-5+;;;;/t13-,14+,15-;;;;/m1..../s1. The number of ether oxygens (including phenoxy) is 2. The Labute approximate surface area is 193 Å². The molecule has 0 aromatic rings. The number of unbranched alkanes of at least 4 members (excludes halogenated alkanes) is 3. The van der Waals surface area contributed by atoms with Crippen molar-refractivity contribution in [1.29, 1.82) is 0 Å². The van der Waals surface area contributed by atoms with Crippen LogP contribution in [0.1, 0.15) is 106 Å². The van der Waals surface area contributed by atoms with E-state index in [4.69, 9.17) is 9.47 Å². The van der Waals surface area contributed by atoms with E-state index in [1.54, 1.807) is 0 Å². The Morgan fingerprint density at radius 2 is 1.50 bits per heavy atom. The first-order valence-corrected chi connectivity index (χ1v) is 21.0. The third kappa shape index (κ3) is 9.53. The van der Waals surface area contributed by atoms with Gasteiger partial charge < -0.3 is 0 Å². The van der Waals surface area contributed by atoms with Crippen LogP contribution in [0.4, 0.5) is 0 Å². The number of allylic oxidation sites excluding steroid dienone is 1. The Morgan fingerprint density at radius 1 is 0.933 bits per heavy atom. The van der Waals surface area contributed by atoms with E-state index < -0.39 is 18.4 Å². The summed E-state index contributed by atoms with van der Waals surface area (Å²) in [6, 6.07) is 0. The van der Waals surface area contributed by atoms with Crippen molar-refractivity contribution in [1.82, 2.24) is 0 Å². The summed E-state index contributed by atoms with van der Waals surface area (Å²) in [6.07, 6.45) is 17.0. The van der Waals surface area contributed by atoms with E-state index in [9.17, 15) is 0 Å². The molecule has 178 valence electrons. The van der Waals surface area contributed by atoms with Crippen molar-refractivity contribution in [2.24, 2.45) is 17.8 Å². The van der Waals surface area contributed by atoms with Crippen molar-refractivity contribution in [3.8, 4) is 0 Å². The summed E-state index contributed by atoms with van der Waals surface area (Å²) in [7, 11) is 0. The third-order valence-corrected chi connectivity index (χ3v) is 23.6. The molecule has 2 nitrogen and oxygen atoms in total. The first kappa shape index (κ1) is 28.5. The van der Waals surface area contributed by atoms with Crippen LogP contribution in [0.15, 0.2) is 12.2 Å². The van der Waals surface area contributed by atoms with Gasteiger partial charge in [0.25, 0.3) is 0 Å². The second-order valence-electron chi connectivity index (χ2n) is 10.4. The normalized spacial score (nSPS) is 24.1. The van der Waals surface area contributed by atoms with E-state index in [-0.39, 0.29) is 0 Å². The molecule has 0 aromatic heterocycles. The van der Waals surface area contributed by atoms with Gasteiger partial charge in [0.2, 0.25) is 0 Å². The molecule has 0 saturated heterocycles. The van der Waals surface area contributed by atoms with Gasteiger partial charge in [0.05, 0.1) is 0 Å². The van der Waals surface area contributed by atoms with E-state index in [2.05, 4.69) is 60.6 Å². The Bertz CT molecular complexity index is 426. The number of rotatable bonds is 16. The molecule has 0 heterocycles. The van der Waals surface area contributed by atoms with Gasteiger partial charge in [0.15, 0.2) is 0 Å². The molecule has 0 radical (unpaired) electrons. The Balaban J connectivity index is 2.89. The van der Waals surface area contributed by atoms with E-state index in [1.165, 1.54) is 71.1 Å². The van der Waals surface area contributed by atoms with Crippen LogP contribution in [-0.2, 0) is 9.47 Å². The fourth-order valence-corrected chi connectivity index (χ4v) is 22.1. The van der Waals surface area contributed by atoms with E-state index in [1.807, 2.05) is 0 Å². The third-order valence-electron chi connectivity index (χ3n) is 7.55. The van der Waals surface area contributed by atoms with Crippen LogP contribution >= 0.6 is 0 Å². The summed E-state index contributed by atoms with van der Waals surface area (Å²) in [6.45, 7) is 16.8. The second-order valence-corrected chi connectivity index (χ2v) is 24.1. The van der Waals surface area contributed by atoms with Crippen molar-refractivity contribution in [2.45, 2.75) is 130 Å².